The van der Waals surface area contributed by atoms with Gasteiger partial charge in [0.1, 0.15) is 5.00 Å². The molecule has 4 heteroatoms. The summed E-state index contributed by atoms with van der Waals surface area (Å²) in [6.45, 7) is 4.40. The Kier molecular flexibility index (Phi) is 4.00. The average Bonchev–Trinajstić information content (AvgIpc) is 2.53. The van der Waals surface area contributed by atoms with Gasteiger partial charge in [0, 0.05) is 17.6 Å². The van der Waals surface area contributed by atoms with Gasteiger partial charge in [-0.2, -0.15) is 0 Å². The van der Waals surface area contributed by atoms with Crippen molar-refractivity contribution in [2.75, 3.05) is 5.32 Å². The number of anilines is 1. The van der Waals surface area contributed by atoms with Crippen molar-refractivity contribution in [1.29, 1.82) is 0 Å². The molecule has 68 valence electrons. The van der Waals surface area contributed by atoms with Gasteiger partial charge in [-0.25, -0.2) is 0 Å². The van der Waals surface area contributed by atoms with E-state index >= 15 is 0 Å². The zero-order valence-corrected chi connectivity index (χ0v) is 8.40. The summed E-state index contributed by atoms with van der Waals surface area (Å²) in [7, 11) is 0. The number of rotatable bonds is 5. The molecule has 0 fully saturated rings. The molecule has 1 N–H and O–H groups in total. The predicted octanol–water partition coefficient (Wildman–Crippen LogP) is 2.53. The molecule has 0 amide bonds. The van der Waals surface area contributed by atoms with Crippen LogP contribution in [0.25, 0.3) is 0 Å². The molecule has 1 aromatic rings. The first-order valence-electron chi connectivity index (χ1n) is 4.36. The van der Waals surface area contributed by atoms with Crippen molar-refractivity contribution in [3.05, 3.63) is 6.20 Å². The van der Waals surface area contributed by atoms with E-state index < -0.39 is 0 Å². The lowest BCUT2D eigenvalue weighted by molar-refractivity contribution is 0.646. The fourth-order valence-corrected chi connectivity index (χ4v) is 1.59. The molecule has 1 unspecified atom stereocenters. The molecule has 0 spiro atoms. The highest BCUT2D eigenvalue weighted by Crippen LogP contribution is 2.13. The smallest absolute Gasteiger partial charge is 0.130 e. The van der Waals surface area contributed by atoms with Gasteiger partial charge in [-0.15, -0.1) is 5.10 Å². The standard InChI is InChI=1S/C8H15N3S/c1-3-4-5-7(2)10-8-6-9-11-12-8/h6-7,10H,3-5H2,1-2H3. The minimum Gasteiger partial charge on any atom is -0.372 e. The molecular weight excluding hydrogens is 170 g/mol. The quantitative estimate of drug-likeness (QED) is 0.766. The Hall–Kier alpha value is -0.640. The number of hydrogen-bond acceptors (Lipinski definition) is 4. The Morgan fingerprint density at radius 1 is 1.67 bits per heavy atom. The molecule has 0 radical (unpaired) electrons. The predicted molar refractivity (Wildman–Crippen MR) is 52.5 cm³/mol. The highest BCUT2D eigenvalue weighted by molar-refractivity contribution is 7.09. The van der Waals surface area contributed by atoms with E-state index in [1.807, 2.05) is 0 Å². The summed E-state index contributed by atoms with van der Waals surface area (Å²) < 4.78 is 3.78. The van der Waals surface area contributed by atoms with Gasteiger partial charge in [0.15, 0.2) is 0 Å². The zero-order valence-electron chi connectivity index (χ0n) is 7.58. The lowest BCUT2D eigenvalue weighted by Gasteiger charge is -2.11. The molecule has 1 atom stereocenters. The van der Waals surface area contributed by atoms with E-state index in [1.54, 1.807) is 6.20 Å². The van der Waals surface area contributed by atoms with Gasteiger partial charge in [0.25, 0.3) is 0 Å². The maximum Gasteiger partial charge on any atom is 0.130 e. The first-order valence-corrected chi connectivity index (χ1v) is 5.14. The summed E-state index contributed by atoms with van der Waals surface area (Å²) in [4.78, 5) is 0. The third-order valence-corrected chi connectivity index (χ3v) is 2.34. The maximum absolute atomic E-state index is 3.78. The summed E-state index contributed by atoms with van der Waals surface area (Å²) in [5, 5.41) is 8.18. The minimum absolute atomic E-state index is 0.534. The van der Waals surface area contributed by atoms with Crippen LogP contribution in [0.5, 0.6) is 0 Å². The summed E-state index contributed by atoms with van der Waals surface area (Å²) in [6.07, 6.45) is 5.52. The van der Waals surface area contributed by atoms with Gasteiger partial charge in [0.2, 0.25) is 0 Å². The highest BCUT2D eigenvalue weighted by atomic mass is 32.1. The van der Waals surface area contributed by atoms with Crippen molar-refractivity contribution >= 4 is 16.5 Å². The van der Waals surface area contributed by atoms with E-state index in [0.717, 1.165) is 5.00 Å². The average molecular weight is 185 g/mol. The number of aromatic nitrogens is 2. The Bertz CT molecular complexity index is 198. The van der Waals surface area contributed by atoms with Crippen LogP contribution in [-0.4, -0.2) is 15.6 Å². The van der Waals surface area contributed by atoms with Gasteiger partial charge in [-0.1, -0.05) is 24.3 Å². The third kappa shape index (κ3) is 3.17. The minimum atomic E-state index is 0.534. The molecule has 0 aliphatic rings. The van der Waals surface area contributed by atoms with Crippen LogP contribution in [-0.2, 0) is 0 Å². The summed E-state index contributed by atoms with van der Waals surface area (Å²) >= 11 is 1.41. The van der Waals surface area contributed by atoms with Crippen LogP contribution >= 0.6 is 11.5 Å². The molecule has 0 bridgehead atoms. The van der Waals surface area contributed by atoms with Gasteiger partial charge in [0.05, 0.1) is 6.20 Å². The number of hydrogen-bond donors (Lipinski definition) is 1. The Morgan fingerprint density at radius 3 is 3.08 bits per heavy atom. The monoisotopic (exact) mass is 185 g/mol. The highest BCUT2D eigenvalue weighted by Gasteiger charge is 2.01. The van der Waals surface area contributed by atoms with Crippen LogP contribution < -0.4 is 5.32 Å². The summed E-state index contributed by atoms with van der Waals surface area (Å²) in [5.74, 6) is 0. The molecule has 12 heavy (non-hydrogen) atoms. The lowest BCUT2D eigenvalue weighted by atomic mass is 10.1. The molecule has 0 aliphatic heterocycles. The molecular formula is C8H15N3S. The van der Waals surface area contributed by atoms with E-state index in [-0.39, 0.29) is 0 Å². The Balaban J connectivity index is 2.22. The number of nitrogens with one attached hydrogen (secondary N) is 1. The lowest BCUT2D eigenvalue weighted by Crippen LogP contribution is -2.13. The normalized spacial score (nSPS) is 12.8. The summed E-state index contributed by atoms with van der Waals surface area (Å²) in [5.41, 5.74) is 0. The maximum atomic E-state index is 3.78. The largest absolute Gasteiger partial charge is 0.372 e. The van der Waals surface area contributed by atoms with E-state index in [9.17, 15) is 0 Å². The molecule has 1 aromatic heterocycles. The Morgan fingerprint density at radius 2 is 2.50 bits per heavy atom. The molecule has 0 saturated heterocycles. The van der Waals surface area contributed by atoms with Crippen molar-refractivity contribution in [2.24, 2.45) is 0 Å². The molecule has 0 aliphatic carbocycles. The SMILES string of the molecule is CCCCC(C)Nc1cnns1. The van der Waals surface area contributed by atoms with Crippen molar-refractivity contribution < 1.29 is 0 Å². The second kappa shape index (κ2) is 5.09. The second-order valence-electron chi connectivity index (χ2n) is 2.97. The molecule has 3 nitrogen and oxygen atoms in total. The Labute approximate surface area is 77.4 Å². The van der Waals surface area contributed by atoms with Crippen molar-refractivity contribution in [3.63, 3.8) is 0 Å². The van der Waals surface area contributed by atoms with Crippen LogP contribution in [0.4, 0.5) is 5.00 Å². The first-order chi connectivity index (χ1) is 5.83. The van der Waals surface area contributed by atoms with Gasteiger partial charge in [-0.3, -0.25) is 0 Å². The molecule has 1 rings (SSSR count). The fourth-order valence-electron chi connectivity index (χ4n) is 1.06. The third-order valence-electron chi connectivity index (χ3n) is 1.74. The van der Waals surface area contributed by atoms with Crippen molar-refractivity contribution in [2.45, 2.75) is 39.2 Å². The number of nitrogens with zero attached hydrogens (tertiary/aromatic N) is 2. The van der Waals surface area contributed by atoms with Crippen molar-refractivity contribution in [1.82, 2.24) is 9.59 Å². The second-order valence-corrected chi connectivity index (χ2v) is 3.76. The van der Waals surface area contributed by atoms with Gasteiger partial charge < -0.3 is 5.32 Å². The fraction of sp³-hybridized carbons (Fsp3) is 0.750. The molecule has 1 heterocycles. The van der Waals surface area contributed by atoms with Crippen LogP contribution in [0.1, 0.15) is 33.1 Å². The van der Waals surface area contributed by atoms with E-state index in [0.29, 0.717) is 6.04 Å². The van der Waals surface area contributed by atoms with Gasteiger partial charge >= 0.3 is 0 Å². The van der Waals surface area contributed by atoms with Gasteiger partial charge in [-0.05, 0) is 13.3 Å². The van der Waals surface area contributed by atoms with E-state index in [4.69, 9.17) is 0 Å². The number of unbranched alkanes of at least 4 members (excludes halogenated alkanes) is 1. The van der Waals surface area contributed by atoms with Crippen LogP contribution in [0.15, 0.2) is 6.20 Å². The van der Waals surface area contributed by atoms with Crippen molar-refractivity contribution in [3.8, 4) is 0 Å². The zero-order chi connectivity index (χ0) is 8.81. The van der Waals surface area contributed by atoms with E-state index in [1.165, 1.54) is 30.8 Å². The summed E-state index contributed by atoms with van der Waals surface area (Å²) in [6, 6.07) is 0.534. The van der Waals surface area contributed by atoms with Crippen LogP contribution in [0.3, 0.4) is 0 Å². The van der Waals surface area contributed by atoms with E-state index in [2.05, 4.69) is 28.8 Å². The molecule has 0 saturated carbocycles. The first kappa shape index (κ1) is 9.45. The van der Waals surface area contributed by atoms with Crippen LogP contribution in [0, 0.1) is 0 Å². The van der Waals surface area contributed by atoms with Crippen LogP contribution in [0.2, 0.25) is 0 Å². The topological polar surface area (TPSA) is 37.8 Å². The molecule has 0 aromatic carbocycles.